The summed E-state index contributed by atoms with van der Waals surface area (Å²) in [6, 6.07) is 5.19. The number of rotatable bonds is 8. The van der Waals surface area contributed by atoms with Crippen LogP contribution in [0.4, 0.5) is 0 Å². The lowest BCUT2D eigenvalue weighted by Gasteiger charge is -2.11. The van der Waals surface area contributed by atoms with Gasteiger partial charge in [0, 0.05) is 30.7 Å². The molecule has 1 N–H and O–H groups in total. The molecule has 2 aromatic heterocycles. The van der Waals surface area contributed by atoms with Crippen molar-refractivity contribution in [1.82, 2.24) is 19.7 Å². The summed E-state index contributed by atoms with van der Waals surface area (Å²) in [5.74, 6) is 0. The third-order valence-electron chi connectivity index (χ3n) is 4.02. The smallest absolute Gasteiger partial charge is 0.0821 e. The summed E-state index contributed by atoms with van der Waals surface area (Å²) in [5.41, 5.74) is 2.46. The summed E-state index contributed by atoms with van der Waals surface area (Å²) in [7, 11) is 0. The SMILES string of the molecule is CCCNC(C)c1ccn(Cc2ccn(C(C)CC)n2)c1. The summed E-state index contributed by atoms with van der Waals surface area (Å²) in [5, 5.41) is 8.18. The van der Waals surface area contributed by atoms with Gasteiger partial charge in [-0.1, -0.05) is 13.8 Å². The molecule has 0 saturated carbocycles. The molecule has 0 aliphatic rings. The van der Waals surface area contributed by atoms with Crippen molar-refractivity contribution in [2.24, 2.45) is 0 Å². The third kappa shape index (κ3) is 4.21. The van der Waals surface area contributed by atoms with E-state index in [2.05, 4.69) is 78.1 Å². The van der Waals surface area contributed by atoms with Gasteiger partial charge in [0.25, 0.3) is 0 Å². The number of nitrogens with zero attached hydrogens (tertiary/aromatic N) is 3. The average Bonchev–Trinajstić information content (AvgIpc) is 3.14. The molecular formula is C17H28N4. The molecule has 0 fully saturated rings. The minimum absolute atomic E-state index is 0.406. The van der Waals surface area contributed by atoms with Gasteiger partial charge in [-0.15, -0.1) is 0 Å². The quantitative estimate of drug-likeness (QED) is 0.802. The first kappa shape index (κ1) is 15.8. The normalized spacial score (nSPS) is 14.3. The molecule has 0 spiro atoms. The van der Waals surface area contributed by atoms with E-state index in [4.69, 9.17) is 0 Å². The Labute approximate surface area is 128 Å². The zero-order valence-corrected chi connectivity index (χ0v) is 13.7. The fraction of sp³-hybridized carbons (Fsp3) is 0.588. The molecule has 0 radical (unpaired) electrons. The topological polar surface area (TPSA) is 34.8 Å². The second-order valence-corrected chi connectivity index (χ2v) is 5.84. The summed E-state index contributed by atoms with van der Waals surface area (Å²) in [6.07, 6.45) is 8.71. The van der Waals surface area contributed by atoms with Crippen molar-refractivity contribution in [3.8, 4) is 0 Å². The van der Waals surface area contributed by atoms with Crippen molar-refractivity contribution in [1.29, 1.82) is 0 Å². The van der Waals surface area contributed by atoms with Crippen LogP contribution in [-0.4, -0.2) is 20.9 Å². The van der Waals surface area contributed by atoms with E-state index in [9.17, 15) is 0 Å². The molecule has 0 bridgehead atoms. The first-order valence-corrected chi connectivity index (χ1v) is 8.07. The van der Waals surface area contributed by atoms with Crippen LogP contribution in [0.15, 0.2) is 30.7 Å². The highest BCUT2D eigenvalue weighted by Crippen LogP contribution is 2.14. The Kier molecular flexibility index (Phi) is 5.62. The van der Waals surface area contributed by atoms with Crippen LogP contribution in [0.2, 0.25) is 0 Å². The Balaban J connectivity index is 1.97. The maximum Gasteiger partial charge on any atom is 0.0821 e. The van der Waals surface area contributed by atoms with Crippen molar-refractivity contribution in [3.05, 3.63) is 42.0 Å². The fourth-order valence-electron chi connectivity index (χ4n) is 2.37. The van der Waals surface area contributed by atoms with Crippen LogP contribution >= 0.6 is 0 Å². The highest BCUT2D eigenvalue weighted by molar-refractivity contribution is 5.16. The van der Waals surface area contributed by atoms with Crippen LogP contribution in [0, 0.1) is 0 Å². The van der Waals surface area contributed by atoms with Crippen molar-refractivity contribution < 1.29 is 0 Å². The van der Waals surface area contributed by atoms with E-state index in [1.807, 2.05) is 0 Å². The van der Waals surface area contributed by atoms with E-state index >= 15 is 0 Å². The maximum absolute atomic E-state index is 4.66. The zero-order chi connectivity index (χ0) is 15.2. The summed E-state index contributed by atoms with van der Waals surface area (Å²) in [4.78, 5) is 0. The Hall–Kier alpha value is -1.55. The monoisotopic (exact) mass is 288 g/mol. The van der Waals surface area contributed by atoms with Gasteiger partial charge in [0.2, 0.25) is 0 Å². The molecule has 2 rings (SSSR count). The standard InChI is InChI=1S/C17H28N4/c1-5-9-18-15(4)16-7-10-20(12-16)13-17-8-11-21(19-17)14(3)6-2/h7-8,10-12,14-15,18H,5-6,9,13H2,1-4H3. The van der Waals surface area contributed by atoms with Gasteiger partial charge in [-0.3, -0.25) is 4.68 Å². The van der Waals surface area contributed by atoms with Gasteiger partial charge in [-0.25, -0.2) is 0 Å². The number of aromatic nitrogens is 3. The summed E-state index contributed by atoms with van der Waals surface area (Å²) < 4.78 is 4.27. The van der Waals surface area contributed by atoms with Gasteiger partial charge < -0.3 is 9.88 Å². The fourth-order valence-corrected chi connectivity index (χ4v) is 2.37. The lowest BCUT2D eigenvalue weighted by molar-refractivity contribution is 0.472. The summed E-state index contributed by atoms with van der Waals surface area (Å²) in [6.45, 7) is 10.7. The molecule has 2 heterocycles. The molecule has 4 nitrogen and oxygen atoms in total. The molecule has 0 aliphatic carbocycles. The van der Waals surface area contributed by atoms with E-state index in [-0.39, 0.29) is 0 Å². The van der Waals surface area contributed by atoms with Crippen LogP contribution in [0.5, 0.6) is 0 Å². The molecule has 2 aromatic rings. The highest BCUT2D eigenvalue weighted by atomic mass is 15.3. The Morgan fingerprint density at radius 3 is 2.71 bits per heavy atom. The van der Waals surface area contributed by atoms with Crippen LogP contribution in [-0.2, 0) is 6.54 Å². The lowest BCUT2D eigenvalue weighted by atomic mass is 10.2. The van der Waals surface area contributed by atoms with E-state index in [1.165, 1.54) is 5.56 Å². The average molecular weight is 288 g/mol. The van der Waals surface area contributed by atoms with Gasteiger partial charge in [0.15, 0.2) is 0 Å². The number of nitrogens with one attached hydrogen (secondary N) is 1. The molecule has 21 heavy (non-hydrogen) atoms. The lowest BCUT2D eigenvalue weighted by Crippen LogP contribution is -2.18. The van der Waals surface area contributed by atoms with Crippen molar-refractivity contribution in [2.45, 2.75) is 59.2 Å². The highest BCUT2D eigenvalue weighted by Gasteiger charge is 2.08. The van der Waals surface area contributed by atoms with Crippen molar-refractivity contribution in [3.63, 3.8) is 0 Å². The van der Waals surface area contributed by atoms with E-state index < -0.39 is 0 Å². The zero-order valence-electron chi connectivity index (χ0n) is 13.7. The predicted octanol–water partition coefficient (Wildman–Crippen LogP) is 3.76. The van der Waals surface area contributed by atoms with Crippen molar-refractivity contribution >= 4 is 0 Å². The van der Waals surface area contributed by atoms with E-state index in [0.29, 0.717) is 12.1 Å². The van der Waals surface area contributed by atoms with Gasteiger partial charge in [-0.2, -0.15) is 5.10 Å². The maximum atomic E-state index is 4.66. The minimum Gasteiger partial charge on any atom is -0.348 e. The molecular weight excluding hydrogens is 260 g/mol. The molecule has 116 valence electrons. The van der Waals surface area contributed by atoms with Crippen molar-refractivity contribution in [2.75, 3.05) is 6.54 Å². The first-order chi connectivity index (χ1) is 10.1. The van der Waals surface area contributed by atoms with E-state index in [1.54, 1.807) is 0 Å². The van der Waals surface area contributed by atoms with Gasteiger partial charge in [0.05, 0.1) is 12.2 Å². The third-order valence-corrected chi connectivity index (χ3v) is 4.02. The van der Waals surface area contributed by atoms with E-state index in [0.717, 1.165) is 31.6 Å². The minimum atomic E-state index is 0.406. The number of hydrogen-bond acceptors (Lipinski definition) is 2. The van der Waals surface area contributed by atoms with Gasteiger partial charge >= 0.3 is 0 Å². The van der Waals surface area contributed by atoms with Crippen LogP contribution in [0.25, 0.3) is 0 Å². The Bertz CT molecular complexity index is 540. The first-order valence-electron chi connectivity index (χ1n) is 8.07. The Morgan fingerprint density at radius 2 is 2.00 bits per heavy atom. The molecule has 0 saturated heterocycles. The number of hydrogen-bond donors (Lipinski definition) is 1. The second kappa shape index (κ2) is 7.46. The van der Waals surface area contributed by atoms with Gasteiger partial charge in [0.1, 0.15) is 0 Å². The van der Waals surface area contributed by atoms with Crippen LogP contribution in [0.1, 0.15) is 63.9 Å². The largest absolute Gasteiger partial charge is 0.348 e. The molecule has 2 atom stereocenters. The summed E-state index contributed by atoms with van der Waals surface area (Å²) >= 11 is 0. The van der Waals surface area contributed by atoms with Crippen LogP contribution < -0.4 is 5.32 Å². The molecule has 0 aromatic carbocycles. The molecule has 2 unspecified atom stereocenters. The van der Waals surface area contributed by atoms with Gasteiger partial charge in [-0.05, 0) is 50.9 Å². The second-order valence-electron chi connectivity index (χ2n) is 5.84. The van der Waals surface area contributed by atoms with Crippen LogP contribution in [0.3, 0.4) is 0 Å². The molecule has 0 amide bonds. The Morgan fingerprint density at radius 1 is 1.19 bits per heavy atom. The molecule has 0 aliphatic heterocycles. The predicted molar refractivity (Wildman–Crippen MR) is 87.5 cm³/mol. The molecule has 4 heteroatoms.